The molecule has 0 aliphatic carbocycles. The van der Waals surface area contributed by atoms with Crippen LogP contribution in [0.2, 0.25) is 0 Å². The molecule has 5 heteroatoms. The maximum atomic E-state index is 11.1. The molecule has 1 aromatic rings. The number of rotatable bonds is 6. The van der Waals surface area contributed by atoms with E-state index in [1.807, 2.05) is 12.1 Å². The number of amides is 1. The van der Waals surface area contributed by atoms with E-state index >= 15 is 0 Å². The van der Waals surface area contributed by atoms with Gasteiger partial charge in [-0.2, -0.15) is 11.8 Å². The molecule has 0 aliphatic heterocycles. The lowest BCUT2D eigenvalue weighted by Gasteiger charge is -2.08. The zero-order valence-electron chi connectivity index (χ0n) is 9.55. The van der Waals surface area contributed by atoms with E-state index in [1.165, 1.54) is 11.8 Å². The number of benzene rings is 1. The summed E-state index contributed by atoms with van der Waals surface area (Å²) in [6, 6.07) is 7.11. The summed E-state index contributed by atoms with van der Waals surface area (Å²) in [7, 11) is 0. The van der Waals surface area contributed by atoms with Crippen molar-refractivity contribution >= 4 is 23.6 Å². The number of hydrogen-bond donors (Lipinski definition) is 2. The lowest BCUT2D eigenvalue weighted by molar-refractivity contribution is -0.140. The Morgan fingerprint density at radius 1 is 1.41 bits per heavy atom. The lowest BCUT2D eigenvalue weighted by Crippen LogP contribution is -2.14. The lowest BCUT2D eigenvalue weighted by atomic mass is 10.1. The monoisotopic (exact) mass is 253 g/mol. The smallest absolute Gasteiger partial charge is 0.307 e. The summed E-state index contributed by atoms with van der Waals surface area (Å²) in [6.45, 7) is 1.66. The first kappa shape index (κ1) is 13.6. The molecule has 0 fully saturated rings. The largest absolute Gasteiger partial charge is 0.481 e. The Bertz CT molecular complexity index is 420. The Labute approximate surface area is 104 Å². The predicted molar refractivity (Wildman–Crippen MR) is 67.9 cm³/mol. The molecule has 0 aromatic heterocycles. The highest BCUT2D eigenvalue weighted by atomic mass is 32.2. The zero-order valence-corrected chi connectivity index (χ0v) is 10.4. The van der Waals surface area contributed by atoms with Crippen molar-refractivity contribution in [2.75, 3.05) is 5.75 Å². The van der Waals surface area contributed by atoms with Crippen LogP contribution in [-0.4, -0.2) is 22.7 Å². The zero-order chi connectivity index (χ0) is 12.8. The third-order valence-electron chi connectivity index (χ3n) is 2.33. The van der Waals surface area contributed by atoms with Gasteiger partial charge >= 0.3 is 5.97 Å². The van der Waals surface area contributed by atoms with Gasteiger partial charge in [0.05, 0.1) is 5.92 Å². The van der Waals surface area contributed by atoms with Gasteiger partial charge in [-0.3, -0.25) is 9.59 Å². The van der Waals surface area contributed by atoms with Crippen molar-refractivity contribution in [2.45, 2.75) is 12.7 Å². The van der Waals surface area contributed by atoms with Gasteiger partial charge in [0.15, 0.2) is 0 Å². The van der Waals surface area contributed by atoms with Gasteiger partial charge < -0.3 is 10.8 Å². The van der Waals surface area contributed by atoms with Gasteiger partial charge in [-0.1, -0.05) is 25.1 Å². The highest BCUT2D eigenvalue weighted by molar-refractivity contribution is 7.98. The summed E-state index contributed by atoms with van der Waals surface area (Å²) >= 11 is 1.49. The highest BCUT2D eigenvalue weighted by Crippen LogP contribution is 2.18. The molecule has 1 rings (SSSR count). The minimum absolute atomic E-state index is 0.388. The van der Waals surface area contributed by atoms with Crippen molar-refractivity contribution in [2.24, 2.45) is 11.7 Å². The molecule has 1 atom stereocenters. The molecular formula is C12H15NO3S. The van der Waals surface area contributed by atoms with Gasteiger partial charge in [0, 0.05) is 17.1 Å². The second-order valence-corrected chi connectivity index (χ2v) is 4.81. The van der Waals surface area contributed by atoms with Gasteiger partial charge in [0.1, 0.15) is 0 Å². The fourth-order valence-corrected chi connectivity index (χ4v) is 2.39. The van der Waals surface area contributed by atoms with E-state index < -0.39 is 11.9 Å². The molecule has 1 unspecified atom stereocenters. The van der Waals surface area contributed by atoms with Crippen LogP contribution < -0.4 is 5.73 Å². The second kappa shape index (κ2) is 6.30. The van der Waals surface area contributed by atoms with E-state index in [1.54, 1.807) is 19.1 Å². The Hall–Kier alpha value is -1.49. The summed E-state index contributed by atoms with van der Waals surface area (Å²) in [4.78, 5) is 21.8. The Kier molecular flexibility index (Phi) is 5.03. The van der Waals surface area contributed by atoms with Gasteiger partial charge in [0.2, 0.25) is 5.91 Å². The second-order valence-electron chi connectivity index (χ2n) is 3.78. The highest BCUT2D eigenvalue weighted by Gasteiger charge is 2.12. The minimum Gasteiger partial charge on any atom is -0.481 e. The van der Waals surface area contributed by atoms with E-state index in [0.29, 0.717) is 17.1 Å². The molecule has 0 heterocycles. The fraction of sp³-hybridized carbons (Fsp3) is 0.333. The summed E-state index contributed by atoms with van der Waals surface area (Å²) in [5.74, 6) is -0.534. The van der Waals surface area contributed by atoms with Crippen LogP contribution >= 0.6 is 11.8 Å². The molecule has 0 spiro atoms. The van der Waals surface area contributed by atoms with E-state index in [2.05, 4.69) is 0 Å². The average molecular weight is 253 g/mol. The molecule has 1 amide bonds. The molecule has 17 heavy (non-hydrogen) atoms. The standard InChI is InChI=1S/C12H15NO3S/c1-8(12(15)16)6-17-7-9-4-2-3-5-10(9)11(13)14/h2-5,8H,6-7H2,1H3,(H2,13,14)(H,15,16). The Morgan fingerprint density at radius 3 is 2.65 bits per heavy atom. The topological polar surface area (TPSA) is 80.4 Å². The first-order valence-corrected chi connectivity index (χ1v) is 6.36. The van der Waals surface area contributed by atoms with E-state index in [4.69, 9.17) is 10.8 Å². The number of thioether (sulfide) groups is 1. The van der Waals surface area contributed by atoms with Gasteiger partial charge in [-0.25, -0.2) is 0 Å². The van der Waals surface area contributed by atoms with E-state index in [9.17, 15) is 9.59 Å². The van der Waals surface area contributed by atoms with Crippen LogP contribution in [0.4, 0.5) is 0 Å². The quantitative estimate of drug-likeness (QED) is 0.809. The number of hydrogen-bond acceptors (Lipinski definition) is 3. The van der Waals surface area contributed by atoms with Gasteiger partial charge in [0.25, 0.3) is 0 Å². The number of nitrogens with two attached hydrogens (primary N) is 1. The van der Waals surface area contributed by atoms with E-state index in [0.717, 1.165) is 5.56 Å². The van der Waals surface area contributed by atoms with Crippen LogP contribution in [0.5, 0.6) is 0 Å². The van der Waals surface area contributed by atoms with Crippen LogP contribution in [0.1, 0.15) is 22.8 Å². The third kappa shape index (κ3) is 4.11. The summed E-state index contributed by atoms with van der Waals surface area (Å²) in [5.41, 5.74) is 6.60. The van der Waals surface area contributed by atoms with Crippen molar-refractivity contribution in [3.8, 4) is 0 Å². The summed E-state index contributed by atoms with van der Waals surface area (Å²) < 4.78 is 0. The average Bonchev–Trinajstić information content (AvgIpc) is 2.29. The van der Waals surface area contributed by atoms with Crippen molar-refractivity contribution < 1.29 is 14.7 Å². The molecule has 0 saturated heterocycles. The van der Waals surface area contributed by atoms with Crippen molar-refractivity contribution in [1.82, 2.24) is 0 Å². The van der Waals surface area contributed by atoms with Crippen LogP contribution in [-0.2, 0) is 10.5 Å². The predicted octanol–water partition coefficient (Wildman–Crippen LogP) is 1.74. The maximum absolute atomic E-state index is 11.1. The van der Waals surface area contributed by atoms with Gasteiger partial charge in [-0.15, -0.1) is 0 Å². The Morgan fingerprint density at radius 2 is 2.06 bits per heavy atom. The summed E-state index contributed by atoms with van der Waals surface area (Å²) in [5, 5.41) is 8.73. The van der Waals surface area contributed by atoms with Crippen LogP contribution in [0, 0.1) is 5.92 Å². The molecule has 4 nitrogen and oxygen atoms in total. The van der Waals surface area contributed by atoms with Gasteiger partial charge in [-0.05, 0) is 11.6 Å². The number of aliphatic carboxylic acids is 1. The molecule has 0 saturated carbocycles. The first-order chi connectivity index (χ1) is 8.02. The first-order valence-electron chi connectivity index (χ1n) is 5.20. The van der Waals surface area contributed by atoms with E-state index in [-0.39, 0.29) is 5.92 Å². The number of carbonyl (C=O) groups is 2. The normalized spacial score (nSPS) is 12.1. The molecule has 92 valence electrons. The molecule has 0 aliphatic rings. The van der Waals surface area contributed by atoms with Crippen molar-refractivity contribution in [3.63, 3.8) is 0 Å². The number of carboxylic acid groups (broad SMARTS) is 1. The molecule has 0 bridgehead atoms. The van der Waals surface area contributed by atoms with Crippen LogP contribution in [0.3, 0.4) is 0 Å². The Balaban J connectivity index is 2.58. The van der Waals surface area contributed by atoms with Crippen LogP contribution in [0.25, 0.3) is 0 Å². The SMILES string of the molecule is CC(CSCc1ccccc1C(N)=O)C(=O)O. The third-order valence-corrected chi connectivity index (χ3v) is 3.58. The maximum Gasteiger partial charge on any atom is 0.307 e. The number of primary amides is 1. The molecule has 1 aromatic carbocycles. The molecular weight excluding hydrogens is 238 g/mol. The molecule has 3 N–H and O–H groups in total. The summed E-state index contributed by atoms with van der Waals surface area (Å²) in [6.07, 6.45) is 0. The van der Waals surface area contributed by atoms with Crippen LogP contribution in [0.15, 0.2) is 24.3 Å². The number of carboxylic acids is 1. The minimum atomic E-state index is -0.805. The van der Waals surface area contributed by atoms with Crippen molar-refractivity contribution in [3.05, 3.63) is 35.4 Å². The number of carbonyl (C=O) groups excluding carboxylic acids is 1. The molecule has 0 radical (unpaired) electrons. The van der Waals surface area contributed by atoms with Crippen molar-refractivity contribution in [1.29, 1.82) is 0 Å². The fourth-order valence-electron chi connectivity index (χ4n) is 1.30.